The van der Waals surface area contributed by atoms with Crippen LogP contribution in [-0.4, -0.2) is 29.1 Å². The third-order valence-corrected chi connectivity index (χ3v) is 3.62. The fourth-order valence-electron chi connectivity index (χ4n) is 2.43. The number of hydrogen-bond donors (Lipinski definition) is 1. The van der Waals surface area contributed by atoms with Crippen LogP contribution in [-0.2, 0) is 24.1 Å². The Bertz CT molecular complexity index is 498. The van der Waals surface area contributed by atoms with Crippen molar-refractivity contribution in [2.45, 2.75) is 39.2 Å². The second-order valence-corrected chi connectivity index (χ2v) is 5.21. The molecule has 1 saturated carbocycles. The average Bonchev–Trinajstić information content (AvgIpc) is 3.22. The Balaban J connectivity index is 1.95. The van der Waals surface area contributed by atoms with Crippen molar-refractivity contribution < 1.29 is 9.53 Å². The van der Waals surface area contributed by atoms with E-state index in [1.165, 1.54) is 12.8 Å². The van der Waals surface area contributed by atoms with Crippen LogP contribution in [0.3, 0.4) is 0 Å². The Labute approximate surface area is 112 Å². The summed E-state index contributed by atoms with van der Waals surface area (Å²) in [5, 5.41) is 3.26. The summed E-state index contributed by atoms with van der Waals surface area (Å²) >= 11 is 0. The van der Waals surface area contributed by atoms with Gasteiger partial charge < -0.3 is 10.1 Å². The molecule has 2 aliphatic rings. The minimum atomic E-state index is -0.318. The van der Waals surface area contributed by atoms with Gasteiger partial charge in [0.25, 0.3) is 0 Å². The highest BCUT2D eigenvalue weighted by atomic mass is 16.5. The van der Waals surface area contributed by atoms with E-state index in [0.29, 0.717) is 18.8 Å². The summed E-state index contributed by atoms with van der Waals surface area (Å²) < 4.78 is 5.11. The van der Waals surface area contributed by atoms with Crippen LogP contribution in [0.4, 0.5) is 0 Å². The third kappa shape index (κ3) is 2.76. The Morgan fingerprint density at radius 1 is 1.42 bits per heavy atom. The zero-order chi connectivity index (χ0) is 13.2. The van der Waals surface area contributed by atoms with Gasteiger partial charge in [-0.25, -0.2) is 14.8 Å². The predicted octanol–water partition coefficient (Wildman–Crippen LogP) is 1.25. The standard InChI is InChI=1S/C14H19N3O2/c1-2-19-14(18)13-10-8-15-6-5-11(10)16-12(17-13)7-9-3-4-9/h9,15H,2-8H2,1H3. The van der Waals surface area contributed by atoms with Crippen LogP contribution in [0.1, 0.15) is 47.3 Å². The van der Waals surface area contributed by atoms with E-state index in [0.717, 1.165) is 42.4 Å². The van der Waals surface area contributed by atoms with Crippen molar-refractivity contribution in [3.63, 3.8) is 0 Å². The summed E-state index contributed by atoms with van der Waals surface area (Å²) in [6.45, 7) is 3.76. The van der Waals surface area contributed by atoms with Crippen molar-refractivity contribution in [2.24, 2.45) is 5.92 Å². The molecule has 0 radical (unpaired) electrons. The lowest BCUT2D eigenvalue weighted by Gasteiger charge is -2.19. The second-order valence-electron chi connectivity index (χ2n) is 5.21. The maximum atomic E-state index is 12.0. The molecular formula is C14H19N3O2. The molecule has 0 spiro atoms. The van der Waals surface area contributed by atoms with E-state index >= 15 is 0 Å². The van der Waals surface area contributed by atoms with Crippen molar-refractivity contribution in [3.05, 3.63) is 22.8 Å². The molecule has 3 rings (SSSR count). The quantitative estimate of drug-likeness (QED) is 0.826. The highest BCUT2D eigenvalue weighted by molar-refractivity contribution is 5.89. The molecule has 1 aliphatic heterocycles. The highest BCUT2D eigenvalue weighted by Gasteiger charge is 2.27. The Hall–Kier alpha value is -1.49. The first-order valence-corrected chi connectivity index (χ1v) is 7.04. The van der Waals surface area contributed by atoms with E-state index in [1.54, 1.807) is 0 Å². The normalized spacial score (nSPS) is 17.9. The van der Waals surface area contributed by atoms with E-state index in [9.17, 15) is 4.79 Å². The molecule has 0 unspecified atom stereocenters. The van der Waals surface area contributed by atoms with Gasteiger partial charge in [-0.05, 0) is 25.7 Å². The second kappa shape index (κ2) is 5.25. The van der Waals surface area contributed by atoms with Crippen LogP contribution in [0.25, 0.3) is 0 Å². The SMILES string of the molecule is CCOC(=O)c1nc(CC2CC2)nc2c1CNCC2. The predicted molar refractivity (Wildman–Crippen MR) is 69.8 cm³/mol. The summed E-state index contributed by atoms with van der Waals surface area (Å²) in [6.07, 6.45) is 4.28. The third-order valence-electron chi connectivity index (χ3n) is 3.62. The fraction of sp³-hybridized carbons (Fsp3) is 0.643. The maximum absolute atomic E-state index is 12.0. The molecule has 0 amide bonds. The number of nitrogens with zero attached hydrogens (tertiary/aromatic N) is 2. The molecule has 1 aromatic heterocycles. The topological polar surface area (TPSA) is 64.1 Å². The number of carbonyl (C=O) groups excluding carboxylic acids is 1. The molecular weight excluding hydrogens is 242 g/mol. The largest absolute Gasteiger partial charge is 0.461 e. The molecule has 1 aliphatic carbocycles. The lowest BCUT2D eigenvalue weighted by Crippen LogP contribution is -2.29. The van der Waals surface area contributed by atoms with Crippen molar-refractivity contribution in [2.75, 3.05) is 13.2 Å². The molecule has 19 heavy (non-hydrogen) atoms. The molecule has 1 fully saturated rings. The van der Waals surface area contributed by atoms with E-state index in [1.807, 2.05) is 6.92 Å². The minimum absolute atomic E-state index is 0.318. The Kier molecular flexibility index (Phi) is 3.46. The van der Waals surface area contributed by atoms with Crippen molar-refractivity contribution in [1.29, 1.82) is 0 Å². The zero-order valence-electron chi connectivity index (χ0n) is 11.2. The van der Waals surface area contributed by atoms with Gasteiger partial charge in [0.1, 0.15) is 5.82 Å². The molecule has 2 heterocycles. The first kappa shape index (κ1) is 12.5. The first-order chi connectivity index (χ1) is 9.28. The van der Waals surface area contributed by atoms with Gasteiger partial charge in [-0.1, -0.05) is 0 Å². The summed E-state index contributed by atoms with van der Waals surface area (Å²) in [5.41, 5.74) is 2.41. The first-order valence-electron chi connectivity index (χ1n) is 7.04. The van der Waals surface area contributed by atoms with E-state index in [-0.39, 0.29) is 5.97 Å². The van der Waals surface area contributed by atoms with Gasteiger partial charge in [0.2, 0.25) is 0 Å². The summed E-state index contributed by atoms with van der Waals surface area (Å²) in [7, 11) is 0. The Morgan fingerprint density at radius 2 is 2.26 bits per heavy atom. The van der Waals surface area contributed by atoms with Crippen LogP contribution in [0.2, 0.25) is 0 Å². The summed E-state index contributed by atoms with van der Waals surface area (Å²) in [6, 6.07) is 0. The molecule has 0 atom stereocenters. The van der Waals surface area contributed by atoms with Crippen LogP contribution >= 0.6 is 0 Å². The van der Waals surface area contributed by atoms with Gasteiger partial charge in [-0.15, -0.1) is 0 Å². The van der Waals surface area contributed by atoms with Crippen molar-refractivity contribution in [3.8, 4) is 0 Å². The molecule has 1 aromatic rings. The zero-order valence-corrected chi connectivity index (χ0v) is 11.2. The number of carbonyl (C=O) groups is 1. The lowest BCUT2D eigenvalue weighted by molar-refractivity contribution is 0.0516. The lowest BCUT2D eigenvalue weighted by atomic mass is 10.0. The van der Waals surface area contributed by atoms with Gasteiger partial charge in [0.15, 0.2) is 5.69 Å². The fourth-order valence-corrected chi connectivity index (χ4v) is 2.43. The van der Waals surface area contributed by atoms with Gasteiger partial charge in [0, 0.05) is 31.5 Å². The number of fused-ring (bicyclic) bond motifs is 1. The highest BCUT2D eigenvalue weighted by Crippen LogP contribution is 2.32. The van der Waals surface area contributed by atoms with Crippen LogP contribution in [0.5, 0.6) is 0 Å². The molecule has 0 saturated heterocycles. The Morgan fingerprint density at radius 3 is 3.00 bits per heavy atom. The van der Waals surface area contributed by atoms with Gasteiger partial charge in [-0.3, -0.25) is 0 Å². The number of esters is 1. The number of hydrogen-bond acceptors (Lipinski definition) is 5. The van der Waals surface area contributed by atoms with Crippen LogP contribution in [0, 0.1) is 5.92 Å². The maximum Gasteiger partial charge on any atom is 0.357 e. The molecule has 0 bridgehead atoms. The van der Waals surface area contributed by atoms with Crippen LogP contribution < -0.4 is 5.32 Å². The number of rotatable bonds is 4. The van der Waals surface area contributed by atoms with E-state index in [4.69, 9.17) is 4.74 Å². The average molecular weight is 261 g/mol. The summed E-state index contributed by atoms with van der Waals surface area (Å²) in [5.74, 6) is 1.21. The molecule has 5 nitrogen and oxygen atoms in total. The van der Waals surface area contributed by atoms with Gasteiger partial charge in [0.05, 0.1) is 12.3 Å². The minimum Gasteiger partial charge on any atom is -0.461 e. The van der Waals surface area contributed by atoms with E-state index in [2.05, 4.69) is 15.3 Å². The smallest absolute Gasteiger partial charge is 0.357 e. The van der Waals surface area contributed by atoms with Crippen LogP contribution in [0.15, 0.2) is 0 Å². The van der Waals surface area contributed by atoms with E-state index < -0.39 is 0 Å². The number of nitrogens with one attached hydrogen (secondary N) is 1. The molecule has 0 aromatic carbocycles. The number of ether oxygens (including phenoxy) is 1. The monoisotopic (exact) mass is 261 g/mol. The summed E-state index contributed by atoms with van der Waals surface area (Å²) in [4.78, 5) is 21.1. The molecule has 102 valence electrons. The van der Waals surface area contributed by atoms with Gasteiger partial charge >= 0.3 is 5.97 Å². The van der Waals surface area contributed by atoms with Crippen molar-refractivity contribution in [1.82, 2.24) is 15.3 Å². The molecule has 5 heteroatoms. The van der Waals surface area contributed by atoms with Gasteiger partial charge in [-0.2, -0.15) is 0 Å². The van der Waals surface area contributed by atoms with Crippen molar-refractivity contribution >= 4 is 5.97 Å². The number of aromatic nitrogens is 2. The molecule has 1 N–H and O–H groups in total.